The van der Waals surface area contributed by atoms with Gasteiger partial charge in [0.1, 0.15) is 41.7 Å². The fraction of sp³-hybridized carbons (Fsp3) is 0.435. The van der Waals surface area contributed by atoms with Gasteiger partial charge in [-0.2, -0.15) is 0 Å². The first-order valence-corrected chi connectivity index (χ1v) is 11.6. The Bertz CT molecular complexity index is 1060. The zero-order chi connectivity index (χ0) is 21.9. The van der Waals surface area contributed by atoms with Gasteiger partial charge < -0.3 is 28.8 Å². The number of halogens is 1. The minimum atomic E-state index is -0.976. The maximum atomic E-state index is 13.6. The monoisotopic (exact) mass is 534 g/mol. The van der Waals surface area contributed by atoms with E-state index in [-0.39, 0.29) is 18.5 Å². The summed E-state index contributed by atoms with van der Waals surface area (Å²) in [5.41, 5.74) is 1.11. The van der Waals surface area contributed by atoms with Crippen molar-refractivity contribution in [2.24, 2.45) is 0 Å². The largest absolute Gasteiger partial charge is 0.493 e. The lowest BCUT2D eigenvalue weighted by Crippen LogP contribution is -2.44. The summed E-state index contributed by atoms with van der Waals surface area (Å²) in [5, 5.41) is 10.7. The summed E-state index contributed by atoms with van der Waals surface area (Å²) >= 11 is 2.15. The van der Waals surface area contributed by atoms with Gasteiger partial charge in [-0.1, -0.05) is 22.6 Å². The summed E-state index contributed by atoms with van der Waals surface area (Å²) in [6.45, 7) is 2.01. The number of hydrogen-bond donors (Lipinski definition) is 1. The van der Waals surface area contributed by atoms with Crippen molar-refractivity contribution < 1.29 is 33.6 Å². The van der Waals surface area contributed by atoms with Crippen molar-refractivity contribution in [1.29, 1.82) is 0 Å². The molecule has 5 rings (SSSR count). The normalized spacial score (nSPS) is 24.9. The standard InChI is InChI=1S/C23H23IO7/c1-23(26,10-24)19-7-13-14(30-19)5-4-11-21(25)20-12-6-16(27-2)17(28-3)8-15(12)29-9-18(20)31-22(11)13/h4-6,8,18-20,26H,7,9-10H2,1-3H3/t18-,19-,20+,23-/m1/s1/i24-4. The highest BCUT2D eigenvalue weighted by molar-refractivity contribution is 14.1. The van der Waals surface area contributed by atoms with E-state index in [1.165, 1.54) is 0 Å². The highest BCUT2D eigenvalue weighted by atomic mass is 123. The molecule has 3 heterocycles. The summed E-state index contributed by atoms with van der Waals surface area (Å²) in [6.07, 6.45) is -0.356. The van der Waals surface area contributed by atoms with Crippen molar-refractivity contribution in [3.63, 3.8) is 0 Å². The van der Waals surface area contributed by atoms with Crippen molar-refractivity contribution in [3.05, 3.63) is 41.0 Å². The van der Waals surface area contributed by atoms with Crippen LogP contribution in [0.1, 0.15) is 34.3 Å². The molecule has 0 bridgehead atoms. The van der Waals surface area contributed by atoms with Gasteiger partial charge in [0, 0.05) is 28.0 Å². The number of fused-ring (bicyclic) bond motifs is 6. The molecule has 1 N–H and O–H groups in total. The van der Waals surface area contributed by atoms with E-state index >= 15 is 0 Å². The van der Waals surface area contributed by atoms with E-state index in [4.69, 9.17) is 23.7 Å². The Balaban J connectivity index is 1.55. The van der Waals surface area contributed by atoms with Crippen molar-refractivity contribution in [3.8, 4) is 28.7 Å². The first kappa shape index (κ1) is 20.7. The molecule has 0 aromatic heterocycles. The van der Waals surface area contributed by atoms with Crippen LogP contribution < -0.4 is 23.7 Å². The molecule has 3 aliphatic rings. The number of hydrogen-bond acceptors (Lipinski definition) is 7. The molecule has 0 saturated carbocycles. The van der Waals surface area contributed by atoms with E-state index in [9.17, 15) is 9.90 Å². The number of ether oxygens (including phenoxy) is 5. The minimum Gasteiger partial charge on any atom is -0.493 e. The molecule has 4 atom stereocenters. The number of Topliss-reactive ketones (excluding diaryl/α,β-unsaturated/α-hetero) is 1. The smallest absolute Gasteiger partial charge is 0.178 e. The van der Waals surface area contributed by atoms with Gasteiger partial charge in [-0.3, -0.25) is 4.79 Å². The van der Waals surface area contributed by atoms with Crippen LogP contribution in [0.15, 0.2) is 24.3 Å². The van der Waals surface area contributed by atoms with E-state index in [1.807, 2.05) is 0 Å². The number of methoxy groups -OCH3 is 2. The molecular formula is C23H23IO7. The molecule has 8 heteroatoms. The van der Waals surface area contributed by atoms with Crippen LogP contribution in [0.4, 0.5) is 0 Å². The number of alkyl halides is 1. The summed E-state index contributed by atoms with van der Waals surface area (Å²) in [6, 6.07) is 7.10. The lowest BCUT2D eigenvalue weighted by atomic mass is 9.81. The molecule has 0 spiro atoms. The number of carbonyl (C=O) groups is 1. The number of carbonyl (C=O) groups excluding carboxylic acids is 1. The summed E-state index contributed by atoms with van der Waals surface area (Å²) in [5.74, 6) is 2.37. The van der Waals surface area contributed by atoms with Crippen molar-refractivity contribution in [2.75, 3.05) is 25.3 Å². The van der Waals surface area contributed by atoms with Crippen molar-refractivity contribution in [1.82, 2.24) is 0 Å². The quantitative estimate of drug-likeness (QED) is 0.476. The SMILES string of the molecule is COc1cc2c(cc1OC)[C@@H]1C(=O)c3ccc4c(c3O[C@@H]1CO2)C[C@H]([C@](C)(O)C[123I])O4. The van der Waals surface area contributed by atoms with Gasteiger partial charge in [0.15, 0.2) is 17.3 Å². The fourth-order valence-electron chi connectivity index (χ4n) is 4.50. The molecule has 2 aromatic carbocycles. The van der Waals surface area contributed by atoms with E-state index in [0.29, 0.717) is 45.2 Å². The van der Waals surface area contributed by atoms with E-state index in [0.717, 1.165) is 11.1 Å². The second-order valence-corrected chi connectivity index (χ2v) is 9.04. The van der Waals surface area contributed by atoms with E-state index < -0.39 is 17.6 Å². The van der Waals surface area contributed by atoms with Crippen LogP contribution in [-0.2, 0) is 6.42 Å². The minimum absolute atomic E-state index is 0.0186. The number of ketones is 1. The van der Waals surface area contributed by atoms with Crippen LogP contribution in [0.2, 0.25) is 0 Å². The highest BCUT2D eigenvalue weighted by Crippen LogP contribution is 2.50. The number of rotatable bonds is 4. The Morgan fingerprint density at radius 2 is 1.90 bits per heavy atom. The summed E-state index contributed by atoms with van der Waals surface area (Å²) in [4.78, 5) is 13.6. The van der Waals surface area contributed by atoms with Gasteiger partial charge >= 0.3 is 0 Å². The fourth-order valence-corrected chi connectivity index (χ4v) is 4.99. The Kier molecular flexibility index (Phi) is 4.97. The molecule has 7 nitrogen and oxygen atoms in total. The van der Waals surface area contributed by atoms with Crippen LogP contribution in [0, 0.1) is 0 Å². The molecule has 31 heavy (non-hydrogen) atoms. The maximum absolute atomic E-state index is 13.6. The molecule has 0 amide bonds. The van der Waals surface area contributed by atoms with Gasteiger partial charge in [-0.05, 0) is 25.1 Å². The van der Waals surface area contributed by atoms with E-state index in [1.54, 1.807) is 45.4 Å². The summed E-state index contributed by atoms with van der Waals surface area (Å²) < 4.78 is 29.6. The Morgan fingerprint density at radius 3 is 2.61 bits per heavy atom. The first-order valence-electron chi connectivity index (χ1n) is 10.1. The average Bonchev–Trinajstić information content (AvgIpc) is 3.23. The molecule has 3 aliphatic heterocycles. The molecule has 0 saturated heterocycles. The molecule has 0 unspecified atom stereocenters. The number of aliphatic hydroxyl groups is 1. The third-order valence-corrected chi connectivity index (χ3v) is 7.83. The Hall–Kier alpha value is -2.20. The van der Waals surface area contributed by atoms with Gasteiger partial charge in [0.25, 0.3) is 0 Å². The van der Waals surface area contributed by atoms with Crippen LogP contribution >= 0.6 is 22.6 Å². The molecule has 0 radical (unpaired) electrons. The summed E-state index contributed by atoms with van der Waals surface area (Å²) in [7, 11) is 3.12. The molecule has 0 aliphatic carbocycles. The van der Waals surface area contributed by atoms with Crippen LogP contribution in [0.25, 0.3) is 0 Å². The Labute approximate surface area is 193 Å². The maximum Gasteiger partial charge on any atom is 0.178 e. The van der Waals surface area contributed by atoms with Crippen molar-refractivity contribution >= 4 is 28.4 Å². The lowest BCUT2D eigenvalue weighted by Gasteiger charge is -2.37. The first-order chi connectivity index (χ1) is 14.9. The second kappa shape index (κ2) is 7.44. The third-order valence-electron chi connectivity index (χ3n) is 6.28. The Morgan fingerprint density at radius 1 is 1.16 bits per heavy atom. The van der Waals surface area contributed by atoms with Crippen LogP contribution in [-0.4, -0.2) is 54.0 Å². The highest BCUT2D eigenvalue weighted by Gasteiger charge is 2.47. The van der Waals surface area contributed by atoms with Gasteiger partial charge in [-0.15, -0.1) is 0 Å². The van der Waals surface area contributed by atoms with Gasteiger partial charge in [0.05, 0.1) is 25.7 Å². The van der Waals surface area contributed by atoms with Crippen LogP contribution in [0.3, 0.4) is 0 Å². The molecule has 2 aromatic rings. The third kappa shape index (κ3) is 3.14. The predicted molar refractivity (Wildman–Crippen MR) is 121 cm³/mol. The van der Waals surface area contributed by atoms with Gasteiger partial charge in [-0.25, -0.2) is 0 Å². The average molecular weight is 534 g/mol. The zero-order valence-electron chi connectivity index (χ0n) is 17.4. The molecule has 164 valence electrons. The lowest BCUT2D eigenvalue weighted by molar-refractivity contribution is -0.0167. The van der Waals surface area contributed by atoms with Crippen molar-refractivity contribution in [2.45, 2.75) is 37.1 Å². The topological polar surface area (TPSA) is 83.5 Å². The molecular weight excluding hydrogens is 511 g/mol. The predicted octanol–water partition coefficient (Wildman–Crippen LogP) is 3.31. The number of benzene rings is 2. The van der Waals surface area contributed by atoms with E-state index in [2.05, 4.69) is 22.6 Å². The van der Waals surface area contributed by atoms with Gasteiger partial charge in [0.2, 0.25) is 0 Å². The molecule has 0 fully saturated rings. The van der Waals surface area contributed by atoms with Crippen LogP contribution in [0.5, 0.6) is 28.7 Å². The zero-order valence-corrected chi connectivity index (χ0v) is 19.6. The second-order valence-electron chi connectivity index (χ2n) is 8.27.